The summed E-state index contributed by atoms with van der Waals surface area (Å²) in [6.07, 6.45) is 2.07. The Kier molecular flexibility index (Phi) is 5.06. The first kappa shape index (κ1) is 17.8. The van der Waals surface area contributed by atoms with Crippen molar-refractivity contribution >= 4 is 5.96 Å². The molecule has 0 bridgehead atoms. The van der Waals surface area contributed by atoms with Gasteiger partial charge in [-0.05, 0) is 30.7 Å². The van der Waals surface area contributed by atoms with E-state index in [9.17, 15) is 13.2 Å². The van der Waals surface area contributed by atoms with Crippen LogP contribution in [0, 0.1) is 5.41 Å². The molecular weight excluding hydrogens is 333 g/mol. The lowest BCUT2D eigenvalue weighted by Crippen LogP contribution is -2.42. The fourth-order valence-electron chi connectivity index (χ4n) is 3.55. The number of halogens is 3. The number of pyridine rings is 1. The number of likely N-dealkylation sites (tertiary alicyclic amines) is 1. The molecule has 1 aromatic heterocycles. The first-order chi connectivity index (χ1) is 11.9. The molecule has 1 N–H and O–H groups in total. The third-order valence-corrected chi connectivity index (χ3v) is 5.02. The molecule has 2 aliphatic rings. The van der Waals surface area contributed by atoms with Crippen LogP contribution in [-0.4, -0.2) is 48.8 Å². The number of nitrogens with zero attached hydrogens (tertiary/aromatic N) is 3. The molecule has 8 heteroatoms. The van der Waals surface area contributed by atoms with Crippen LogP contribution in [0.3, 0.4) is 0 Å². The molecule has 1 saturated carbocycles. The third kappa shape index (κ3) is 4.35. The minimum absolute atomic E-state index is 0.000312. The maximum absolute atomic E-state index is 12.4. The average molecular weight is 356 g/mol. The van der Waals surface area contributed by atoms with Crippen molar-refractivity contribution in [2.24, 2.45) is 10.4 Å². The van der Waals surface area contributed by atoms with Gasteiger partial charge < -0.3 is 15.0 Å². The van der Waals surface area contributed by atoms with E-state index in [1.165, 1.54) is 31.9 Å². The van der Waals surface area contributed by atoms with Crippen LogP contribution in [0.25, 0.3) is 0 Å². The van der Waals surface area contributed by atoms with Gasteiger partial charge in [-0.1, -0.05) is 12.5 Å². The van der Waals surface area contributed by atoms with Crippen molar-refractivity contribution in [1.29, 1.82) is 0 Å². The van der Waals surface area contributed by atoms with Crippen LogP contribution in [-0.2, 0) is 6.54 Å². The highest BCUT2D eigenvalue weighted by Crippen LogP contribution is 2.47. The van der Waals surface area contributed by atoms with E-state index < -0.39 is 12.8 Å². The van der Waals surface area contributed by atoms with Crippen LogP contribution in [0.4, 0.5) is 13.2 Å². The molecule has 0 radical (unpaired) electrons. The number of nitrogens with one attached hydrogen (secondary N) is 1. The first-order valence-electron chi connectivity index (χ1n) is 8.50. The van der Waals surface area contributed by atoms with E-state index in [1.807, 2.05) is 0 Å². The van der Waals surface area contributed by atoms with Crippen molar-refractivity contribution in [3.05, 3.63) is 23.9 Å². The average Bonchev–Trinajstić information content (AvgIpc) is 2.99. The zero-order chi connectivity index (χ0) is 17.9. The molecule has 1 saturated heterocycles. The molecule has 1 aliphatic heterocycles. The predicted molar refractivity (Wildman–Crippen MR) is 88.5 cm³/mol. The van der Waals surface area contributed by atoms with Crippen LogP contribution >= 0.6 is 0 Å². The van der Waals surface area contributed by atoms with Crippen LogP contribution in [0.2, 0.25) is 0 Å². The summed E-state index contributed by atoms with van der Waals surface area (Å²) in [4.78, 5) is 10.5. The summed E-state index contributed by atoms with van der Waals surface area (Å²) >= 11 is 0. The van der Waals surface area contributed by atoms with E-state index in [4.69, 9.17) is 4.74 Å². The van der Waals surface area contributed by atoms with Gasteiger partial charge in [0.25, 0.3) is 0 Å². The van der Waals surface area contributed by atoms with Gasteiger partial charge in [-0.3, -0.25) is 4.99 Å². The highest BCUT2D eigenvalue weighted by Gasteiger charge is 2.43. The highest BCUT2D eigenvalue weighted by molar-refractivity contribution is 5.80. The normalized spacial score (nSPS) is 19.8. The third-order valence-electron chi connectivity index (χ3n) is 5.02. The zero-order valence-electron chi connectivity index (χ0n) is 14.3. The fraction of sp³-hybridized carbons (Fsp3) is 0.647. The number of rotatable bonds is 4. The Morgan fingerprint density at radius 2 is 2.20 bits per heavy atom. The monoisotopic (exact) mass is 356 g/mol. The number of ether oxygens (including phenoxy) is 1. The largest absolute Gasteiger partial charge is 0.468 e. The Morgan fingerprint density at radius 1 is 1.40 bits per heavy atom. The van der Waals surface area contributed by atoms with E-state index in [-0.39, 0.29) is 5.88 Å². The zero-order valence-corrected chi connectivity index (χ0v) is 14.3. The van der Waals surface area contributed by atoms with E-state index in [1.54, 1.807) is 19.2 Å². The molecule has 25 heavy (non-hydrogen) atoms. The minimum Gasteiger partial charge on any atom is -0.468 e. The molecule has 0 aromatic carbocycles. The molecule has 5 nitrogen and oxygen atoms in total. The van der Waals surface area contributed by atoms with Crippen LogP contribution in [0.15, 0.2) is 23.3 Å². The van der Waals surface area contributed by atoms with Gasteiger partial charge in [-0.15, -0.1) is 0 Å². The second-order valence-electron chi connectivity index (χ2n) is 6.80. The lowest BCUT2D eigenvalue weighted by molar-refractivity contribution is -0.154. The molecule has 0 amide bonds. The summed E-state index contributed by atoms with van der Waals surface area (Å²) in [5, 5.41) is 3.23. The van der Waals surface area contributed by atoms with Gasteiger partial charge in [0.05, 0.1) is 0 Å². The number of alkyl halides is 3. The van der Waals surface area contributed by atoms with Crippen molar-refractivity contribution in [3.8, 4) is 5.88 Å². The topological polar surface area (TPSA) is 49.8 Å². The minimum atomic E-state index is -4.38. The lowest BCUT2D eigenvalue weighted by Gasteiger charge is -2.38. The summed E-state index contributed by atoms with van der Waals surface area (Å²) in [6.45, 7) is 0.929. The molecule has 1 aromatic rings. The Hall–Kier alpha value is -1.99. The van der Waals surface area contributed by atoms with Crippen LogP contribution < -0.4 is 10.1 Å². The number of aromatic nitrogens is 1. The SMILES string of the molecule is CN=C(NCc1cccnc1OCC(F)(F)F)N1CCC2(CCC2)C1. The maximum atomic E-state index is 12.4. The molecule has 1 spiro atoms. The molecule has 2 fully saturated rings. The van der Waals surface area contributed by atoms with Gasteiger partial charge >= 0.3 is 6.18 Å². The van der Waals surface area contributed by atoms with Gasteiger partial charge in [0, 0.05) is 38.4 Å². The second-order valence-corrected chi connectivity index (χ2v) is 6.80. The lowest BCUT2D eigenvalue weighted by atomic mass is 9.68. The number of hydrogen-bond acceptors (Lipinski definition) is 3. The van der Waals surface area contributed by atoms with Gasteiger partial charge in [-0.2, -0.15) is 13.2 Å². The van der Waals surface area contributed by atoms with E-state index in [2.05, 4.69) is 20.2 Å². The van der Waals surface area contributed by atoms with Crippen molar-refractivity contribution in [3.63, 3.8) is 0 Å². The summed E-state index contributed by atoms with van der Waals surface area (Å²) in [6, 6.07) is 3.38. The van der Waals surface area contributed by atoms with E-state index >= 15 is 0 Å². The smallest absolute Gasteiger partial charge is 0.422 e. The Morgan fingerprint density at radius 3 is 2.80 bits per heavy atom. The van der Waals surface area contributed by atoms with E-state index in [0.29, 0.717) is 17.5 Å². The van der Waals surface area contributed by atoms with Gasteiger partial charge in [0.2, 0.25) is 5.88 Å². The summed E-state index contributed by atoms with van der Waals surface area (Å²) in [5.74, 6) is 0.772. The Labute approximate surface area is 145 Å². The molecular formula is C17H23F3N4O. The Balaban J connectivity index is 1.59. The van der Waals surface area contributed by atoms with Crippen molar-refractivity contribution in [2.75, 3.05) is 26.7 Å². The summed E-state index contributed by atoms with van der Waals surface area (Å²) in [5.41, 5.74) is 1.03. The number of guanidine groups is 1. The molecule has 0 unspecified atom stereocenters. The van der Waals surface area contributed by atoms with Crippen molar-refractivity contribution < 1.29 is 17.9 Å². The molecule has 2 heterocycles. The predicted octanol–water partition coefficient (Wildman–Crippen LogP) is 2.97. The Bertz CT molecular complexity index is 629. The maximum Gasteiger partial charge on any atom is 0.422 e. The summed E-state index contributed by atoms with van der Waals surface area (Å²) < 4.78 is 41.9. The quantitative estimate of drug-likeness (QED) is 0.666. The van der Waals surface area contributed by atoms with Crippen molar-refractivity contribution in [2.45, 2.75) is 38.4 Å². The standard InChI is InChI=1S/C17H23F3N4O/c1-21-15(24-9-7-16(11-24)5-3-6-16)23-10-13-4-2-8-22-14(13)25-12-17(18,19)20/h2,4,8H,3,5-7,9-12H2,1H3,(H,21,23). The molecule has 138 valence electrons. The second kappa shape index (κ2) is 7.09. The van der Waals surface area contributed by atoms with Crippen LogP contribution in [0.5, 0.6) is 5.88 Å². The van der Waals surface area contributed by atoms with Gasteiger partial charge in [-0.25, -0.2) is 4.98 Å². The van der Waals surface area contributed by atoms with Crippen molar-refractivity contribution in [1.82, 2.24) is 15.2 Å². The molecule has 0 atom stereocenters. The molecule has 3 rings (SSSR count). The van der Waals surface area contributed by atoms with Crippen LogP contribution in [0.1, 0.15) is 31.2 Å². The van der Waals surface area contributed by atoms with Gasteiger partial charge in [0.15, 0.2) is 12.6 Å². The van der Waals surface area contributed by atoms with Gasteiger partial charge in [0.1, 0.15) is 0 Å². The number of hydrogen-bond donors (Lipinski definition) is 1. The molecule has 1 aliphatic carbocycles. The number of aliphatic imine (C=N–C) groups is 1. The highest BCUT2D eigenvalue weighted by atomic mass is 19.4. The first-order valence-corrected chi connectivity index (χ1v) is 8.50. The summed E-state index contributed by atoms with van der Waals surface area (Å²) in [7, 11) is 1.72. The van der Waals surface area contributed by atoms with E-state index in [0.717, 1.165) is 19.0 Å². The fourth-order valence-corrected chi connectivity index (χ4v) is 3.55.